The van der Waals surface area contributed by atoms with Gasteiger partial charge in [-0.1, -0.05) is 12.1 Å². The van der Waals surface area contributed by atoms with Crippen molar-refractivity contribution in [3.63, 3.8) is 0 Å². The molecule has 0 spiro atoms. The van der Waals surface area contributed by atoms with E-state index < -0.39 is 6.67 Å². The summed E-state index contributed by atoms with van der Waals surface area (Å²) in [5.74, 6) is 3.50. The lowest BCUT2D eigenvalue weighted by atomic mass is 9.91. The number of ether oxygens (including phenoxy) is 1. The molecule has 1 saturated carbocycles. The number of nitrogens with one attached hydrogen (secondary N) is 1. The largest absolute Gasteiger partial charge is 0.494 e. The number of benzene rings is 1. The molecular weight excluding hydrogens is 331 g/mol. The first-order valence-corrected chi connectivity index (χ1v) is 9.89. The fourth-order valence-electron chi connectivity index (χ4n) is 4.05. The van der Waals surface area contributed by atoms with Crippen LogP contribution < -0.4 is 10.1 Å². The predicted molar refractivity (Wildman–Crippen MR) is 101 cm³/mol. The molecule has 1 aliphatic heterocycles. The van der Waals surface area contributed by atoms with Crippen LogP contribution in [0.4, 0.5) is 4.39 Å². The van der Waals surface area contributed by atoms with Gasteiger partial charge in [-0.2, -0.15) is 0 Å². The van der Waals surface area contributed by atoms with Gasteiger partial charge in [0.2, 0.25) is 5.91 Å². The Morgan fingerprint density at radius 2 is 2.00 bits per heavy atom. The smallest absolute Gasteiger partial charge is 0.226 e. The highest BCUT2D eigenvalue weighted by atomic mass is 19.1. The second-order valence-corrected chi connectivity index (χ2v) is 7.71. The molecule has 1 heterocycles. The highest BCUT2D eigenvalue weighted by Gasteiger charge is 2.42. The van der Waals surface area contributed by atoms with E-state index in [0.29, 0.717) is 6.42 Å². The van der Waals surface area contributed by atoms with Gasteiger partial charge in [0, 0.05) is 13.6 Å². The average Bonchev–Trinajstić information content (AvgIpc) is 3.44. The van der Waals surface area contributed by atoms with Gasteiger partial charge in [0.25, 0.3) is 0 Å². The zero-order valence-corrected chi connectivity index (χ0v) is 15.8. The number of amides is 1. The molecule has 2 atom stereocenters. The van der Waals surface area contributed by atoms with Crippen LogP contribution in [0.15, 0.2) is 24.3 Å². The molecular formula is C21H31FN2O2. The molecule has 144 valence electrons. The van der Waals surface area contributed by atoms with E-state index in [-0.39, 0.29) is 12.5 Å². The molecule has 26 heavy (non-hydrogen) atoms. The number of piperidine rings is 1. The Labute approximate surface area is 156 Å². The number of likely N-dealkylation sites (N-methyl/N-ethyl adjacent to an activating group) is 1. The summed E-state index contributed by atoms with van der Waals surface area (Å²) in [5, 5.41) is 3.44. The van der Waals surface area contributed by atoms with Gasteiger partial charge >= 0.3 is 0 Å². The molecule has 2 aliphatic rings. The lowest BCUT2D eigenvalue weighted by molar-refractivity contribution is -0.129. The van der Waals surface area contributed by atoms with E-state index in [1.165, 1.54) is 37.3 Å². The summed E-state index contributed by atoms with van der Waals surface area (Å²) in [5.41, 5.74) is 0.932. The van der Waals surface area contributed by atoms with Gasteiger partial charge in [-0.25, -0.2) is 4.39 Å². The minimum absolute atomic E-state index is 0.0611. The fourth-order valence-corrected chi connectivity index (χ4v) is 4.05. The fraction of sp³-hybridized carbons (Fsp3) is 0.667. The molecule has 1 aromatic carbocycles. The average molecular weight is 362 g/mol. The maximum atomic E-state index is 12.3. The lowest BCUT2D eigenvalue weighted by Gasteiger charge is -2.22. The third-order valence-electron chi connectivity index (χ3n) is 5.85. The van der Waals surface area contributed by atoms with E-state index in [4.69, 9.17) is 4.74 Å². The molecule has 3 rings (SSSR count). The van der Waals surface area contributed by atoms with Crippen molar-refractivity contribution < 1.29 is 13.9 Å². The van der Waals surface area contributed by atoms with Crippen molar-refractivity contribution in [3.8, 4) is 5.75 Å². The minimum atomic E-state index is -0.505. The number of nitrogens with zero attached hydrogens (tertiary/aromatic N) is 1. The first kappa shape index (κ1) is 19.2. The summed E-state index contributed by atoms with van der Waals surface area (Å²) in [6.45, 7) is 2.78. The zero-order valence-electron chi connectivity index (χ0n) is 15.8. The Kier molecular flexibility index (Phi) is 6.89. The van der Waals surface area contributed by atoms with Crippen LogP contribution in [0.5, 0.6) is 5.75 Å². The number of hydrogen-bond acceptors (Lipinski definition) is 3. The van der Waals surface area contributed by atoms with Gasteiger partial charge in [0.1, 0.15) is 12.4 Å². The first-order valence-electron chi connectivity index (χ1n) is 9.89. The van der Waals surface area contributed by atoms with Crippen LogP contribution in [-0.2, 0) is 11.2 Å². The van der Waals surface area contributed by atoms with Crippen LogP contribution in [0.1, 0.15) is 31.2 Å². The molecule has 0 aromatic heterocycles. The number of carbonyl (C=O) groups is 1. The highest BCUT2D eigenvalue weighted by molar-refractivity contribution is 5.78. The maximum Gasteiger partial charge on any atom is 0.226 e. The molecule has 1 saturated heterocycles. The molecule has 0 radical (unpaired) electrons. The summed E-state index contributed by atoms with van der Waals surface area (Å²) >= 11 is 0. The summed E-state index contributed by atoms with van der Waals surface area (Å²) in [6, 6.07) is 7.70. The summed E-state index contributed by atoms with van der Waals surface area (Å²) in [7, 11) is 1.63. The Morgan fingerprint density at radius 1 is 1.27 bits per heavy atom. The SMILES string of the molecule is CN(CCF)C(=O)Cc1ccc(OCCC2CC2C2CCNCC2)cc1. The molecule has 1 aromatic rings. The molecule has 0 bridgehead atoms. The number of carbonyl (C=O) groups excluding carboxylic acids is 1. The van der Waals surface area contributed by atoms with Crippen molar-refractivity contribution in [2.24, 2.45) is 17.8 Å². The minimum Gasteiger partial charge on any atom is -0.494 e. The van der Waals surface area contributed by atoms with E-state index >= 15 is 0 Å². The van der Waals surface area contributed by atoms with Crippen LogP contribution in [0.25, 0.3) is 0 Å². The monoisotopic (exact) mass is 362 g/mol. The van der Waals surface area contributed by atoms with E-state index in [1.807, 2.05) is 24.3 Å². The standard InChI is InChI=1S/C21H31FN2O2/c1-24(12-9-22)21(25)14-16-2-4-19(5-3-16)26-13-8-18-15-20(18)17-6-10-23-11-7-17/h2-5,17-18,20,23H,6-15H2,1H3. The Balaban J connectivity index is 1.35. The van der Waals surface area contributed by atoms with Crippen LogP contribution in [0, 0.1) is 17.8 Å². The van der Waals surface area contributed by atoms with Gasteiger partial charge in [-0.3, -0.25) is 4.79 Å². The topological polar surface area (TPSA) is 41.6 Å². The Hall–Kier alpha value is -1.62. The van der Waals surface area contributed by atoms with E-state index in [1.54, 1.807) is 7.05 Å². The molecule has 2 fully saturated rings. The van der Waals surface area contributed by atoms with Crippen molar-refractivity contribution >= 4 is 5.91 Å². The third-order valence-corrected chi connectivity index (χ3v) is 5.85. The second-order valence-electron chi connectivity index (χ2n) is 7.71. The number of rotatable bonds is 9. The van der Waals surface area contributed by atoms with Crippen LogP contribution in [0.3, 0.4) is 0 Å². The van der Waals surface area contributed by atoms with Gasteiger partial charge in [0.05, 0.1) is 13.0 Å². The van der Waals surface area contributed by atoms with Crippen LogP contribution in [0.2, 0.25) is 0 Å². The zero-order chi connectivity index (χ0) is 18.4. The lowest BCUT2D eigenvalue weighted by Crippen LogP contribution is -2.30. The van der Waals surface area contributed by atoms with Gasteiger partial charge in [0.15, 0.2) is 0 Å². The molecule has 4 nitrogen and oxygen atoms in total. The highest BCUT2D eigenvalue weighted by Crippen LogP contribution is 2.49. The first-order chi connectivity index (χ1) is 12.7. The Bertz CT molecular complexity index is 572. The molecule has 1 N–H and O–H groups in total. The third kappa shape index (κ3) is 5.44. The molecule has 5 heteroatoms. The van der Waals surface area contributed by atoms with E-state index in [2.05, 4.69) is 5.32 Å². The van der Waals surface area contributed by atoms with Gasteiger partial charge in [-0.05, 0) is 74.2 Å². The van der Waals surface area contributed by atoms with E-state index in [0.717, 1.165) is 42.1 Å². The van der Waals surface area contributed by atoms with Crippen molar-refractivity contribution in [2.45, 2.75) is 32.1 Å². The van der Waals surface area contributed by atoms with Crippen molar-refractivity contribution in [1.29, 1.82) is 0 Å². The van der Waals surface area contributed by atoms with Crippen LogP contribution in [-0.4, -0.2) is 50.8 Å². The number of halogens is 1. The maximum absolute atomic E-state index is 12.3. The number of hydrogen-bond donors (Lipinski definition) is 1. The molecule has 2 unspecified atom stereocenters. The normalized spacial score (nSPS) is 22.8. The summed E-state index contributed by atoms with van der Waals surface area (Å²) < 4.78 is 18.2. The summed E-state index contributed by atoms with van der Waals surface area (Å²) in [4.78, 5) is 13.4. The molecule has 1 aliphatic carbocycles. The Morgan fingerprint density at radius 3 is 2.69 bits per heavy atom. The predicted octanol–water partition coefficient (Wildman–Crippen LogP) is 3.06. The number of alkyl halides is 1. The van der Waals surface area contributed by atoms with Crippen molar-refractivity contribution in [3.05, 3.63) is 29.8 Å². The van der Waals surface area contributed by atoms with E-state index in [9.17, 15) is 9.18 Å². The van der Waals surface area contributed by atoms with Crippen LogP contribution >= 0.6 is 0 Å². The van der Waals surface area contributed by atoms with Gasteiger partial charge < -0.3 is 15.0 Å². The van der Waals surface area contributed by atoms with Crippen molar-refractivity contribution in [2.75, 3.05) is 40.0 Å². The second kappa shape index (κ2) is 9.36. The van der Waals surface area contributed by atoms with Gasteiger partial charge in [-0.15, -0.1) is 0 Å². The summed E-state index contributed by atoms with van der Waals surface area (Å²) in [6.07, 6.45) is 5.49. The van der Waals surface area contributed by atoms with Crippen molar-refractivity contribution in [1.82, 2.24) is 10.2 Å². The molecule has 1 amide bonds. The quantitative estimate of drug-likeness (QED) is 0.734.